The van der Waals surface area contributed by atoms with Crippen LogP contribution in [-0.4, -0.2) is 15.9 Å². The van der Waals surface area contributed by atoms with Crippen LogP contribution < -0.4 is 5.32 Å². The molecule has 0 atom stereocenters. The topological polar surface area (TPSA) is 78.7 Å². The molecular formula is C15H12N4O. The summed E-state index contributed by atoms with van der Waals surface area (Å²) in [5, 5.41) is 11.8. The third kappa shape index (κ3) is 2.50. The summed E-state index contributed by atoms with van der Waals surface area (Å²) in [6, 6.07) is 8.97. The molecule has 0 spiro atoms. The van der Waals surface area contributed by atoms with Gasteiger partial charge in [-0.05, 0) is 37.1 Å². The number of carbonyl (C=O) groups excluding carboxylic acids is 1. The number of pyridine rings is 2. The van der Waals surface area contributed by atoms with Crippen LogP contribution in [0.1, 0.15) is 40.4 Å². The largest absolute Gasteiger partial charge is 0.305 e. The lowest BCUT2D eigenvalue weighted by atomic mass is 10.2. The molecule has 5 heteroatoms. The molecule has 20 heavy (non-hydrogen) atoms. The number of amides is 1. The molecule has 0 unspecified atom stereocenters. The average molecular weight is 264 g/mol. The van der Waals surface area contributed by atoms with Crippen molar-refractivity contribution in [2.75, 3.05) is 5.32 Å². The number of nitriles is 1. The first kappa shape index (κ1) is 12.3. The Morgan fingerprint density at radius 1 is 1.35 bits per heavy atom. The summed E-state index contributed by atoms with van der Waals surface area (Å²) in [5.74, 6) is 0.484. The van der Waals surface area contributed by atoms with Crippen molar-refractivity contribution in [1.82, 2.24) is 9.97 Å². The van der Waals surface area contributed by atoms with Gasteiger partial charge >= 0.3 is 0 Å². The normalized spacial score (nSPS) is 13.6. The fraction of sp³-hybridized carbons (Fsp3) is 0.200. The van der Waals surface area contributed by atoms with Gasteiger partial charge in [0.1, 0.15) is 6.07 Å². The highest BCUT2D eigenvalue weighted by Crippen LogP contribution is 2.39. The Balaban J connectivity index is 1.87. The number of hydrogen-bond donors (Lipinski definition) is 1. The highest BCUT2D eigenvalue weighted by atomic mass is 16.1. The second kappa shape index (κ2) is 5.10. The Kier molecular flexibility index (Phi) is 3.13. The summed E-state index contributed by atoms with van der Waals surface area (Å²) in [5.41, 5.74) is 1.74. The molecule has 0 bridgehead atoms. The highest BCUT2D eigenvalue weighted by molar-refractivity contribution is 6.04. The molecular weight excluding hydrogens is 252 g/mol. The molecule has 1 aliphatic rings. The van der Waals surface area contributed by atoms with Gasteiger partial charge in [-0.3, -0.25) is 9.78 Å². The molecule has 98 valence electrons. The molecule has 2 aromatic rings. The highest BCUT2D eigenvalue weighted by Gasteiger charge is 2.26. The van der Waals surface area contributed by atoms with Crippen molar-refractivity contribution in [3.05, 3.63) is 53.5 Å². The second-order valence-electron chi connectivity index (χ2n) is 4.71. The Hall–Kier alpha value is -2.74. The van der Waals surface area contributed by atoms with E-state index in [1.807, 2.05) is 12.1 Å². The number of rotatable bonds is 3. The van der Waals surface area contributed by atoms with E-state index in [1.54, 1.807) is 24.4 Å². The molecule has 1 aliphatic carbocycles. The predicted molar refractivity (Wildman–Crippen MR) is 73.1 cm³/mol. The number of anilines is 1. The van der Waals surface area contributed by atoms with Crippen molar-refractivity contribution >= 4 is 11.7 Å². The SMILES string of the molecule is N#Cc1ccc(C2CC2)nc1NC(=O)c1cccnc1. The second-order valence-corrected chi connectivity index (χ2v) is 4.71. The lowest BCUT2D eigenvalue weighted by Gasteiger charge is -2.07. The minimum absolute atomic E-state index is 0.310. The van der Waals surface area contributed by atoms with Gasteiger partial charge in [0.25, 0.3) is 5.91 Å². The van der Waals surface area contributed by atoms with Gasteiger partial charge in [0.2, 0.25) is 0 Å². The van der Waals surface area contributed by atoms with Crippen LogP contribution in [0.15, 0.2) is 36.7 Å². The molecule has 0 saturated heterocycles. The Bertz CT molecular complexity index is 687. The maximum Gasteiger partial charge on any atom is 0.258 e. The van der Waals surface area contributed by atoms with Crippen LogP contribution in [0.4, 0.5) is 5.82 Å². The van der Waals surface area contributed by atoms with Crippen molar-refractivity contribution in [3.8, 4) is 6.07 Å². The summed E-state index contributed by atoms with van der Waals surface area (Å²) in [6.07, 6.45) is 5.32. The third-order valence-electron chi connectivity index (χ3n) is 3.19. The van der Waals surface area contributed by atoms with Crippen molar-refractivity contribution in [3.63, 3.8) is 0 Å². The molecule has 2 aromatic heterocycles. The minimum atomic E-state index is -0.310. The van der Waals surface area contributed by atoms with Gasteiger partial charge in [0.05, 0.1) is 11.1 Å². The quantitative estimate of drug-likeness (QED) is 0.923. The maximum absolute atomic E-state index is 12.1. The first-order chi connectivity index (χ1) is 9.78. The summed E-state index contributed by atoms with van der Waals surface area (Å²) in [4.78, 5) is 20.4. The molecule has 5 nitrogen and oxygen atoms in total. The van der Waals surface area contributed by atoms with Gasteiger partial charge in [-0.15, -0.1) is 0 Å². The molecule has 1 N–H and O–H groups in total. The van der Waals surface area contributed by atoms with Gasteiger partial charge in [-0.1, -0.05) is 0 Å². The summed E-state index contributed by atoms with van der Waals surface area (Å²) in [7, 11) is 0. The molecule has 2 heterocycles. The molecule has 1 fully saturated rings. The zero-order valence-corrected chi connectivity index (χ0v) is 10.7. The molecule has 0 aliphatic heterocycles. The van der Waals surface area contributed by atoms with E-state index < -0.39 is 0 Å². The van der Waals surface area contributed by atoms with Crippen LogP contribution in [-0.2, 0) is 0 Å². The molecule has 3 rings (SSSR count). The van der Waals surface area contributed by atoms with Crippen LogP contribution in [0.3, 0.4) is 0 Å². The number of aromatic nitrogens is 2. The van der Waals surface area contributed by atoms with E-state index in [0.29, 0.717) is 22.9 Å². The zero-order chi connectivity index (χ0) is 13.9. The lowest BCUT2D eigenvalue weighted by molar-refractivity contribution is 0.102. The van der Waals surface area contributed by atoms with E-state index in [9.17, 15) is 4.79 Å². The number of carbonyl (C=O) groups is 1. The van der Waals surface area contributed by atoms with Crippen molar-refractivity contribution in [2.24, 2.45) is 0 Å². The molecule has 1 saturated carbocycles. The van der Waals surface area contributed by atoms with Crippen molar-refractivity contribution in [1.29, 1.82) is 5.26 Å². The van der Waals surface area contributed by atoms with E-state index >= 15 is 0 Å². The predicted octanol–water partition coefficient (Wildman–Crippen LogP) is 2.48. The van der Waals surface area contributed by atoms with Gasteiger partial charge in [0, 0.05) is 24.0 Å². The zero-order valence-electron chi connectivity index (χ0n) is 10.7. The Labute approximate surface area is 116 Å². The van der Waals surface area contributed by atoms with Crippen LogP contribution in [0.2, 0.25) is 0 Å². The first-order valence-electron chi connectivity index (χ1n) is 6.40. The van der Waals surface area contributed by atoms with E-state index in [2.05, 4.69) is 15.3 Å². The van der Waals surface area contributed by atoms with Crippen LogP contribution >= 0.6 is 0 Å². The molecule has 0 radical (unpaired) electrons. The van der Waals surface area contributed by atoms with Crippen molar-refractivity contribution < 1.29 is 4.79 Å². The van der Waals surface area contributed by atoms with Crippen LogP contribution in [0, 0.1) is 11.3 Å². The van der Waals surface area contributed by atoms with Crippen LogP contribution in [0.25, 0.3) is 0 Å². The third-order valence-corrected chi connectivity index (χ3v) is 3.19. The first-order valence-corrected chi connectivity index (χ1v) is 6.40. The minimum Gasteiger partial charge on any atom is -0.305 e. The lowest BCUT2D eigenvalue weighted by Crippen LogP contribution is -2.14. The fourth-order valence-corrected chi connectivity index (χ4v) is 1.94. The van der Waals surface area contributed by atoms with Crippen LogP contribution in [0.5, 0.6) is 0 Å². The summed E-state index contributed by atoms with van der Waals surface area (Å²) >= 11 is 0. The molecule has 0 aromatic carbocycles. The Morgan fingerprint density at radius 3 is 2.85 bits per heavy atom. The summed E-state index contributed by atoms with van der Waals surface area (Å²) in [6.45, 7) is 0. The van der Waals surface area contributed by atoms with E-state index in [1.165, 1.54) is 6.20 Å². The Morgan fingerprint density at radius 2 is 2.20 bits per heavy atom. The van der Waals surface area contributed by atoms with Gasteiger partial charge in [-0.2, -0.15) is 5.26 Å². The van der Waals surface area contributed by atoms with Gasteiger partial charge < -0.3 is 5.32 Å². The van der Waals surface area contributed by atoms with Gasteiger partial charge in [0.15, 0.2) is 5.82 Å². The number of hydrogen-bond acceptors (Lipinski definition) is 4. The number of nitrogens with one attached hydrogen (secondary N) is 1. The van der Waals surface area contributed by atoms with Crippen molar-refractivity contribution in [2.45, 2.75) is 18.8 Å². The maximum atomic E-state index is 12.1. The standard InChI is InChI=1S/C15H12N4O/c16-8-11-5-6-13(10-3-4-10)18-14(11)19-15(20)12-2-1-7-17-9-12/h1-2,5-7,9-10H,3-4H2,(H,18,19,20). The smallest absolute Gasteiger partial charge is 0.258 e. The summed E-state index contributed by atoms with van der Waals surface area (Å²) < 4.78 is 0. The molecule has 1 amide bonds. The van der Waals surface area contributed by atoms with E-state index in [4.69, 9.17) is 5.26 Å². The monoisotopic (exact) mass is 264 g/mol. The average Bonchev–Trinajstić information content (AvgIpc) is 3.33. The fourth-order valence-electron chi connectivity index (χ4n) is 1.94. The van der Waals surface area contributed by atoms with Gasteiger partial charge in [-0.25, -0.2) is 4.98 Å². The van der Waals surface area contributed by atoms with E-state index in [-0.39, 0.29) is 5.91 Å². The number of nitrogens with zero attached hydrogens (tertiary/aromatic N) is 3. The van der Waals surface area contributed by atoms with E-state index in [0.717, 1.165) is 18.5 Å².